The van der Waals surface area contributed by atoms with Crippen LogP contribution in [0, 0.1) is 5.92 Å². The molecule has 1 saturated heterocycles. The number of hydrogen-bond acceptors (Lipinski definition) is 3. The number of anilines is 1. The van der Waals surface area contributed by atoms with Crippen LogP contribution in [-0.2, 0) is 4.79 Å². The van der Waals surface area contributed by atoms with Gasteiger partial charge in [-0.15, -0.1) is 0 Å². The standard InChI is InChI=1S/C15H22N2O2/c1-3-11(2)19-14-6-4-5-13(8-14)17-15(18)7-12-9-16-10-12/h4-6,8,11-12,16H,3,7,9-10H2,1-2H3,(H,17,18). The summed E-state index contributed by atoms with van der Waals surface area (Å²) in [5.74, 6) is 1.36. The van der Waals surface area contributed by atoms with Gasteiger partial charge in [0.2, 0.25) is 5.91 Å². The number of carbonyl (C=O) groups is 1. The van der Waals surface area contributed by atoms with E-state index in [1.165, 1.54) is 0 Å². The lowest BCUT2D eigenvalue weighted by Crippen LogP contribution is -2.43. The fraction of sp³-hybridized carbons (Fsp3) is 0.533. The van der Waals surface area contributed by atoms with Crippen molar-refractivity contribution in [3.63, 3.8) is 0 Å². The van der Waals surface area contributed by atoms with Crippen molar-refractivity contribution in [2.45, 2.75) is 32.8 Å². The molecule has 0 aliphatic carbocycles. The van der Waals surface area contributed by atoms with Crippen LogP contribution < -0.4 is 15.4 Å². The molecule has 0 saturated carbocycles. The van der Waals surface area contributed by atoms with Gasteiger partial charge in [-0.3, -0.25) is 4.79 Å². The molecule has 0 spiro atoms. The molecule has 2 rings (SSSR count). The van der Waals surface area contributed by atoms with Gasteiger partial charge in [-0.25, -0.2) is 0 Å². The summed E-state index contributed by atoms with van der Waals surface area (Å²) in [6.45, 7) is 6.02. The first-order valence-corrected chi connectivity index (χ1v) is 6.94. The third kappa shape index (κ3) is 4.24. The Morgan fingerprint density at radius 1 is 1.53 bits per heavy atom. The Labute approximate surface area is 114 Å². The number of amides is 1. The van der Waals surface area contributed by atoms with Crippen molar-refractivity contribution in [2.75, 3.05) is 18.4 Å². The third-order valence-corrected chi connectivity index (χ3v) is 3.37. The van der Waals surface area contributed by atoms with Gasteiger partial charge in [0.1, 0.15) is 5.75 Å². The molecule has 4 nitrogen and oxygen atoms in total. The molecule has 19 heavy (non-hydrogen) atoms. The number of ether oxygens (including phenoxy) is 1. The second-order valence-electron chi connectivity index (χ2n) is 5.14. The van der Waals surface area contributed by atoms with E-state index in [0.29, 0.717) is 12.3 Å². The van der Waals surface area contributed by atoms with E-state index in [1.54, 1.807) is 0 Å². The topological polar surface area (TPSA) is 50.4 Å². The molecule has 0 aromatic heterocycles. The minimum absolute atomic E-state index is 0.0761. The third-order valence-electron chi connectivity index (χ3n) is 3.37. The van der Waals surface area contributed by atoms with Crippen molar-refractivity contribution in [2.24, 2.45) is 5.92 Å². The fourth-order valence-corrected chi connectivity index (χ4v) is 1.93. The molecule has 1 aliphatic heterocycles. The van der Waals surface area contributed by atoms with Gasteiger partial charge < -0.3 is 15.4 Å². The van der Waals surface area contributed by atoms with Gasteiger partial charge in [0.05, 0.1) is 6.10 Å². The smallest absolute Gasteiger partial charge is 0.224 e. The highest BCUT2D eigenvalue weighted by Crippen LogP contribution is 2.20. The first-order chi connectivity index (χ1) is 9.17. The largest absolute Gasteiger partial charge is 0.491 e. The van der Waals surface area contributed by atoms with Crippen LogP contribution in [0.1, 0.15) is 26.7 Å². The second kappa shape index (κ2) is 6.57. The summed E-state index contributed by atoms with van der Waals surface area (Å²) < 4.78 is 5.74. The SMILES string of the molecule is CCC(C)Oc1cccc(NC(=O)CC2CNC2)c1. The van der Waals surface area contributed by atoms with Crippen LogP contribution in [-0.4, -0.2) is 25.1 Å². The number of nitrogens with one attached hydrogen (secondary N) is 2. The van der Waals surface area contributed by atoms with Crippen LogP contribution in [0.4, 0.5) is 5.69 Å². The molecule has 1 atom stereocenters. The van der Waals surface area contributed by atoms with Gasteiger partial charge in [0.15, 0.2) is 0 Å². The number of rotatable bonds is 6. The minimum Gasteiger partial charge on any atom is -0.491 e. The lowest BCUT2D eigenvalue weighted by Gasteiger charge is -2.26. The Bertz CT molecular complexity index is 430. The van der Waals surface area contributed by atoms with Gasteiger partial charge in [-0.05, 0) is 44.5 Å². The Morgan fingerprint density at radius 2 is 2.32 bits per heavy atom. The van der Waals surface area contributed by atoms with E-state index in [-0.39, 0.29) is 12.0 Å². The van der Waals surface area contributed by atoms with Crippen LogP contribution in [0.2, 0.25) is 0 Å². The highest BCUT2D eigenvalue weighted by Gasteiger charge is 2.20. The Hall–Kier alpha value is -1.55. The van der Waals surface area contributed by atoms with Crippen molar-refractivity contribution < 1.29 is 9.53 Å². The molecule has 104 valence electrons. The van der Waals surface area contributed by atoms with E-state index < -0.39 is 0 Å². The van der Waals surface area contributed by atoms with Crippen LogP contribution in [0.15, 0.2) is 24.3 Å². The monoisotopic (exact) mass is 262 g/mol. The zero-order chi connectivity index (χ0) is 13.7. The predicted octanol–water partition coefficient (Wildman–Crippen LogP) is 2.41. The van der Waals surface area contributed by atoms with E-state index >= 15 is 0 Å². The van der Waals surface area contributed by atoms with Crippen molar-refractivity contribution in [1.82, 2.24) is 5.32 Å². The highest BCUT2D eigenvalue weighted by atomic mass is 16.5. The van der Waals surface area contributed by atoms with E-state index in [0.717, 1.165) is 30.9 Å². The number of benzene rings is 1. The lowest BCUT2D eigenvalue weighted by atomic mass is 9.99. The van der Waals surface area contributed by atoms with E-state index in [4.69, 9.17) is 4.74 Å². The van der Waals surface area contributed by atoms with Gasteiger partial charge in [-0.2, -0.15) is 0 Å². The average Bonchev–Trinajstić information content (AvgIpc) is 2.34. The lowest BCUT2D eigenvalue weighted by molar-refractivity contribution is -0.117. The summed E-state index contributed by atoms with van der Waals surface area (Å²) in [5, 5.41) is 6.09. The molecule has 1 amide bonds. The summed E-state index contributed by atoms with van der Waals surface area (Å²) in [4.78, 5) is 11.8. The summed E-state index contributed by atoms with van der Waals surface area (Å²) in [6, 6.07) is 7.58. The quantitative estimate of drug-likeness (QED) is 0.827. The van der Waals surface area contributed by atoms with Crippen molar-refractivity contribution >= 4 is 11.6 Å². The maximum absolute atomic E-state index is 11.8. The first-order valence-electron chi connectivity index (χ1n) is 6.94. The normalized spacial score (nSPS) is 16.5. The van der Waals surface area contributed by atoms with Gasteiger partial charge in [-0.1, -0.05) is 13.0 Å². The molecule has 0 bridgehead atoms. The zero-order valence-corrected chi connectivity index (χ0v) is 11.6. The molecule has 1 aromatic rings. The average molecular weight is 262 g/mol. The number of hydrogen-bond donors (Lipinski definition) is 2. The van der Waals surface area contributed by atoms with Crippen LogP contribution in [0.3, 0.4) is 0 Å². The number of carbonyl (C=O) groups excluding carboxylic acids is 1. The highest BCUT2D eigenvalue weighted by molar-refractivity contribution is 5.91. The Morgan fingerprint density at radius 3 is 2.95 bits per heavy atom. The summed E-state index contributed by atoms with van der Waals surface area (Å²) in [6.07, 6.45) is 1.74. The molecular weight excluding hydrogens is 240 g/mol. The molecule has 1 heterocycles. The molecule has 1 unspecified atom stereocenters. The Balaban J connectivity index is 1.88. The van der Waals surface area contributed by atoms with Crippen molar-refractivity contribution in [3.05, 3.63) is 24.3 Å². The maximum atomic E-state index is 11.8. The molecular formula is C15H22N2O2. The first kappa shape index (κ1) is 13.9. The predicted molar refractivity (Wildman–Crippen MR) is 76.4 cm³/mol. The van der Waals surface area contributed by atoms with Crippen molar-refractivity contribution in [1.29, 1.82) is 0 Å². The van der Waals surface area contributed by atoms with Gasteiger partial charge in [0.25, 0.3) is 0 Å². The minimum atomic E-state index is 0.0761. The van der Waals surface area contributed by atoms with E-state index in [1.807, 2.05) is 31.2 Å². The van der Waals surface area contributed by atoms with Gasteiger partial charge >= 0.3 is 0 Å². The summed E-state index contributed by atoms with van der Waals surface area (Å²) in [5.41, 5.74) is 0.804. The summed E-state index contributed by atoms with van der Waals surface area (Å²) in [7, 11) is 0. The fourth-order valence-electron chi connectivity index (χ4n) is 1.93. The molecule has 2 N–H and O–H groups in total. The molecule has 4 heteroatoms. The van der Waals surface area contributed by atoms with E-state index in [9.17, 15) is 4.79 Å². The van der Waals surface area contributed by atoms with Gasteiger partial charge in [0, 0.05) is 18.2 Å². The van der Waals surface area contributed by atoms with E-state index in [2.05, 4.69) is 17.6 Å². The molecule has 1 aliphatic rings. The van der Waals surface area contributed by atoms with Crippen LogP contribution >= 0.6 is 0 Å². The summed E-state index contributed by atoms with van der Waals surface area (Å²) >= 11 is 0. The molecule has 1 aromatic carbocycles. The maximum Gasteiger partial charge on any atom is 0.224 e. The van der Waals surface area contributed by atoms with Crippen LogP contribution in [0.25, 0.3) is 0 Å². The molecule has 1 fully saturated rings. The Kier molecular flexibility index (Phi) is 4.80. The zero-order valence-electron chi connectivity index (χ0n) is 11.6. The van der Waals surface area contributed by atoms with Crippen LogP contribution in [0.5, 0.6) is 5.75 Å². The second-order valence-corrected chi connectivity index (χ2v) is 5.14. The molecule has 0 radical (unpaired) electrons. The van der Waals surface area contributed by atoms with Crippen molar-refractivity contribution in [3.8, 4) is 5.75 Å².